The van der Waals surface area contributed by atoms with Gasteiger partial charge in [0.2, 0.25) is 0 Å². The van der Waals surface area contributed by atoms with E-state index in [1.165, 1.54) is 0 Å². The Morgan fingerprint density at radius 1 is 1.19 bits per heavy atom. The van der Waals surface area contributed by atoms with Crippen LogP contribution in [-0.2, 0) is 0 Å². The fourth-order valence-corrected chi connectivity index (χ4v) is 0.928. The number of nitriles is 1. The van der Waals surface area contributed by atoms with Gasteiger partial charge in [0.15, 0.2) is 0 Å². The number of nitrogens with one attached hydrogen (secondary N) is 2. The Kier molecular flexibility index (Phi) is 10.1. The van der Waals surface area contributed by atoms with Gasteiger partial charge >= 0.3 is 0 Å². The zero-order valence-electron chi connectivity index (χ0n) is 9.23. The van der Waals surface area contributed by atoms with Crippen LogP contribution in [0.1, 0.15) is 5.56 Å². The first-order valence-electron chi connectivity index (χ1n) is 4.36. The Balaban J connectivity index is 0. The summed E-state index contributed by atoms with van der Waals surface area (Å²) in [6.45, 7) is 0.750. The molecule has 0 aliphatic carbocycles. The Morgan fingerprint density at radius 2 is 1.75 bits per heavy atom. The maximum atomic E-state index is 8.58. The Labute approximate surface area is 108 Å². The highest BCUT2D eigenvalue weighted by Crippen LogP contribution is 2.06. The van der Waals surface area contributed by atoms with Crippen LogP contribution in [0.15, 0.2) is 24.3 Å². The molecule has 1 rings (SSSR count). The Bertz CT molecular complexity index is 319. The van der Waals surface area contributed by atoms with E-state index in [0.29, 0.717) is 5.56 Å². The molecule has 90 valence electrons. The van der Waals surface area contributed by atoms with Crippen molar-refractivity contribution in [2.45, 2.75) is 0 Å². The second-order valence-corrected chi connectivity index (χ2v) is 3.23. The lowest BCUT2D eigenvalue weighted by Gasteiger charge is -2.12. The number of halogens is 2. The molecule has 0 spiro atoms. The van der Waals surface area contributed by atoms with Crippen LogP contribution in [0.25, 0.3) is 0 Å². The van der Waals surface area contributed by atoms with Gasteiger partial charge in [-0.05, 0) is 38.4 Å². The van der Waals surface area contributed by atoms with E-state index in [-0.39, 0.29) is 24.8 Å². The second-order valence-electron chi connectivity index (χ2n) is 3.23. The highest BCUT2D eigenvalue weighted by Gasteiger charge is 1.92. The first-order valence-corrected chi connectivity index (χ1v) is 4.36. The lowest BCUT2D eigenvalue weighted by molar-refractivity contribution is 0.384. The van der Waals surface area contributed by atoms with Crippen LogP contribution in [0, 0.1) is 11.3 Å². The minimum Gasteiger partial charge on any atom is -0.320 e. The third-order valence-electron chi connectivity index (χ3n) is 1.64. The van der Waals surface area contributed by atoms with E-state index in [1.807, 2.05) is 31.1 Å². The molecule has 6 heteroatoms. The molecule has 0 unspecified atom stereocenters. The molecule has 0 aliphatic rings. The van der Waals surface area contributed by atoms with Crippen LogP contribution in [-0.4, -0.2) is 25.7 Å². The maximum Gasteiger partial charge on any atom is 0.0991 e. The van der Waals surface area contributed by atoms with Crippen LogP contribution in [0.4, 0.5) is 5.69 Å². The van der Waals surface area contributed by atoms with Crippen molar-refractivity contribution in [3.63, 3.8) is 0 Å². The summed E-state index contributed by atoms with van der Waals surface area (Å²) in [4.78, 5) is 2.01. The minimum atomic E-state index is 0. The third-order valence-corrected chi connectivity index (χ3v) is 1.64. The van der Waals surface area contributed by atoms with Crippen molar-refractivity contribution in [2.24, 2.45) is 0 Å². The standard InChI is InChI=1S/C10H14N4.2ClH/c1-14(2)8-12-13-10-5-3-9(7-11)4-6-10;;/h3-6,12-13H,8H2,1-2H3;2*1H. The van der Waals surface area contributed by atoms with Gasteiger partial charge in [0, 0.05) is 5.69 Å². The SMILES string of the molecule is CN(C)CNNc1ccc(C#N)cc1.Cl.Cl. The molecule has 16 heavy (non-hydrogen) atoms. The summed E-state index contributed by atoms with van der Waals surface area (Å²) < 4.78 is 0. The van der Waals surface area contributed by atoms with Gasteiger partial charge in [-0.3, -0.25) is 4.90 Å². The molecule has 0 saturated heterocycles. The number of hydrazine groups is 1. The van der Waals surface area contributed by atoms with E-state index in [9.17, 15) is 0 Å². The predicted octanol–water partition coefficient (Wildman–Crippen LogP) is 1.84. The quantitative estimate of drug-likeness (QED) is 0.643. The average molecular weight is 263 g/mol. The summed E-state index contributed by atoms with van der Waals surface area (Å²) in [5, 5.41) is 8.58. The maximum absolute atomic E-state index is 8.58. The van der Waals surface area contributed by atoms with E-state index in [0.717, 1.165) is 12.4 Å². The van der Waals surface area contributed by atoms with E-state index >= 15 is 0 Å². The van der Waals surface area contributed by atoms with Crippen molar-refractivity contribution in [1.29, 1.82) is 5.26 Å². The summed E-state index contributed by atoms with van der Waals surface area (Å²) in [5.74, 6) is 0. The molecule has 1 aromatic rings. The first-order chi connectivity index (χ1) is 6.72. The molecule has 0 bridgehead atoms. The van der Waals surface area contributed by atoms with Gasteiger partial charge in [-0.25, -0.2) is 5.43 Å². The number of hydrogen-bond donors (Lipinski definition) is 2. The van der Waals surface area contributed by atoms with Crippen molar-refractivity contribution in [3.05, 3.63) is 29.8 Å². The molecular weight excluding hydrogens is 247 g/mol. The zero-order valence-corrected chi connectivity index (χ0v) is 10.9. The molecule has 0 saturated carbocycles. The number of hydrogen-bond acceptors (Lipinski definition) is 4. The van der Waals surface area contributed by atoms with Gasteiger partial charge in [-0.1, -0.05) is 0 Å². The van der Waals surface area contributed by atoms with E-state index in [1.54, 1.807) is 12.1 Å². The molecule has 0 aliphatic heterocycles. The lowest BCUT2D eigenvalue weighted by atomic mass is 10.2. The number of benzene rings is 1. The average Bonchev–Trinajstić information content (AvgIpc) is 2.18. The second kappa shape index (κ2) is 9.25. The topological polar surface area (TPSA) is 51.1 Å². The molecule has 0 atom stereocenters. The molecule has 0 radical (unpaired) electrons. The van der Waals surface area contributed by atoms with Crippen molar-refractivity contribution >= 4 is 30.5 Å². The monoisotopic (exact) mass is 262 g/mol. The number of rotatable bonds is 4. The van der Waals surface area contributed by atoms with Gasteiger partial charge < -0.3 is 5.43 Å². The molecule has 0 aromatic heterocycles. The van der Waals surface area contributed by atoms with Gasteiger partial charge in [0.25, 0.3) is 0 Å². The molecule has 4 nitrogen and oxygen atoms in total. The lowest BCUT2D eigenvalue weighted by Crippen LogP contribution is -2.32. The fraction of sp³-hybridized carbons (Fsp3) is 0.300. The molecule has 0 heterocycles. The molecule has 2 N–H and O–H groups in total. The summed E-state index contributed by atoms with van der Waals surface area (Å²) in [5.41, 5.74) is 7.68. The fourth-order valence-electron chi connectivity index (χ4n) is 0.928. The summed E-state index contributed by atoms with van der Waals surface area (Å²) in [6.07, 6.45) is 0. The molecule has 0 fully saturated rings. The Hall–Kier alpha value is -0.990. The van der Waals surface area contributed by atoms with Crippen molar-refractivity contribution < 1.29 is 0 Å². The molecule has 0 amide bonds. The van der Waals surface area contributed by atoms with Crippen LogP contribution in [0.5, 0.6) is 0 Å². The number of anilines is 1. The van der Waals surface area contributed by atoms with E-state index < -0.39 is 0 Å². The summed E-state index contributed by atoms with van der Waals surface area (Å²) in [7, 11) is 3.96. The zero-order chi connectivity index (χ0) is 10.4. The minimum absolute atomic E-state index is 0. The van der Waals surface area contributed by atoms with Crippen LogP contribution >= 0.6 is 24.8 Å². The van der Waals surface area contributed by atoms with Gasteiger partial charge in [0.05, 0.1) is 18.3 Å². The third kappa shape index (κ3) is 6.49. The molecular formula is C10H16Cl2N4. The van der Waals surface area contributed by atoms with E-state index in [2.05, 4.69) is 16.9 Å². The van der Waals surface area contributed by atoms with E-state index in [4.69, 9.17) is 5.26 Å². The summed E-state index contributed by atoms with van der Waals surface area (Å²) in [6, 6.07) is 9.35. The van der Waals surface area contributed by atoms with Gasteiger partial charge in [0.1, 0.15) is 0 Å². The van der Waals surface area contributed by atoms with Crippen molar-refractivity contribution in [2.75, 3.05) is 26.2 Å². The Morgan fingerprint density at radius 3 is 2.19 bits per heavy atom. The van der Waals surface area contributed by atoms with Gasteiger partial charge in [-0.15, -0.1) is 24.8 Å². The molecule has 1 aromatic carbocycles. The summed E-state index contributed by atoms with van der Waals surface area (Å²) >= 11 is 0. The highest BCUT2D eigenvalue weighted by molar-refractivity contribution is 5.85. The highest BCUT2D eigenvalue weighted by atomic mass is 35.5. The predicted molar refractivity (Wildman–Crippen MR) is 71.0 cm³/mol. The van der Waals surface area contributed by atoms with Crippen LogP contribution in [0.3, 0.4) is 0 Å². The largest absolute Gasteiger partial charge is 0.320 e. The normalized spacial score (nSPS) is 8.62. The van der Waals surface area contributed by atoms with Crippen molar-refractivity contribution in [3.8, 4) is 6.07 Å². The number of nitrogens with zero attached hydrogens (tertiary/aromatic N) is 2. The van der Waals surface area contributed by atoms with Crippen molar-refractivity contribution in [1.82, 2.24) is 10.3 Å². The smallest absolute Gasteiger partial charge is 0.0991 e. The van der Waals surface area contributed by atoms with Gasteiger partial charge in [-0.2, -0.15) is 5.26 Å². The van der Waals surface area contributed by atoms with Crippen LogP contribution in [0.2, 0.25) is 0 Å². The van der Waals surface area contributed by atoms with Crippen LogP contribution < -0.4 is 10.9 Å². The first kappa shape index (κ1) is 17.4.